The molecule has 0 saturated heterocycles. The van der Waals surface area contributed by atoms with E-state index in [0.29, 0.717) is 10.6 Å². The van der Waals surface area contributed by atoms with Crippen molar-refractivity contribution in [3.8, 4) is 0 Å². The molecule has 1 N–H and O–H groups in total. The SMILES string of the molecule is CC(CN(C)C(=O)c1snnc1C(C)(C)C)C(=O)O. The maximum Gasteiger partial charge on any atom is 0.308 e. The van der Waals surface area contributed by atoms with Crippen molar-refractivity contribution in [2.24, 2.45) is 5.92 Å². The monoisotopic (exact) mass is 285 g/mol. The number of carbonyl (C=O) groups excluding carboxylic acids is 1. The summed E-state index contributed by atoms with van der Waals surface area (Å²) < 4.78 is 3.83. The molecule has 19 heavy (non-hydrogen) atoms. The highest BCUT2D eigenvalue weighted by atomic mass is 32.1. The summed E-state index contributed by atoms with van der Waals surface area (Å²) in [6, 6.07) is 0. The lowest BCUT2D eigenvalue weighted by atomic mass is 9.91. The van der Waals surface area contributed by atoms with Crippen LogP contribution in [0.5, 0.6) is 0 Å². The van der Waals surface area contributed by atoms with E-state index in [9.17, 15) is 9.59 Å². The molecule has 1 aromatic heterocycles. The molecule has 0 aliphatic carbocycles. The Kier molecular flexibility index (Phi) is 4.62. The minimum atomic E-state index is -0.918. The fourth-order valence-corrected chi connectivity index (χ4v) is 2.44. The van der Waals surface area contributed by atoms with E-state index < -0.39 is 11.9 Å². The number of carboxylic acid groups (broad SMARTS) is 1. The van der Waals surface area contributed by atoms with Gasteiger partial charge in [0, 0.05) is 19.0 Å². The zero-order chi connectivity index (χ0) is 14.8. The second kappa shape index (κ2) is 5.64. The zero-order valence-electron chi connectivity index (χ0n) is 11.8. The molecule has 1 heterocycles. The van der Waals surface area contributed by atoms with E-state index in [1.807, 2.05) is 20.8 Å². The third-order valence-electron chi connectivity index (χ3n) is 2.71. The van der Waals surface area contributed by atoms with Crippen LogP contribution in [0.3, 0.4) is 0 Å². The van der Waals surface area contributed by atoms with Crippen molar-refractivity contribution in [2.75, 3.05) is 13.6 Å². The summed E-state index contributed by atoms with van der Waals surface area (Å²) in [5, 5.41) is 12.9. The number of carbonyl (C=O) groups is 2. The summed E-state index contributed by atoms with van der Waals surface area (Å²) >= 11 is 1.05. The van der Waals surface area contributed by atoms with E-state index in [4.69, 9.17) is 5.11 Å². The van der Waals surface area contributed by atoms with E-state index in [1.165, 1.54) is 4.90 Å². The topological polar surface area (TPSA) is 83.4 Å². The van der Waals surface area contributed by atoms with Gasteiger partial charge in [-0.05, 0) is 11.5 Å². The average Bonchev–Trinajstić information content (AvgIpc) is 2.75. The number of amides is 1. The summed E-state index contributed by atoms with van der Waals surface area (Å²) in [5.41, 5.74) is 0.384. The first-order chi connectivity index (χ1) is 8.64. The molecule has 1 unspecified atom stereocenters. The minimum Gasteiger partial charge on any atom is -0.481 e. The van der Waals surface area contributed by atoms with E-state index >= 15 is 0 Å². The average molecular weight is 285 g/mol. The van der Waals surface area contributed by atoms with Crippen molar-refractivity contribution in [1.29, 1.82) is 0 Å². The quantitative estimate of drug-likeness (QED) is 0.909. The van der Waals surface area contributed by atoms with Crippen LogP contribution in [0.4, 0.5) is 0 Å². The van der Waals surface area contributed by atoms with Crippen LogP contribution in [-0.4, -0.2) is 45.1 Å². The van der Waals surface area contributed by atoms with Gasteiger partial charge in [-0.2, -0.15) is 0 Å². The van der Waals surface area contributed by atoms with Crippen LogP contribution in [0.2, 0.25) is 0 Å². The first-order valence-corrected chi connectivity index (χ1v) is 6.73. The molecule has 6 nitrogen and oxygen atoms in total. The molecule has 1 aromatic rings. The Bertz CT molecular complexity index is 479. The highest BCUT2D eigenvalue weighted by molar-refractivity contribution is 7.08. The number of hydrogen-bond donors (Lipinski definition) is 1. The van der Waals surface area contributed by atoms with Gasteiger partial charge in [0.05, 0.1) is 11.6 Å². The lowest BCUT2D eigenvalue weighted by molar-refractivity contribution is -0.141. The maximum atomic E-state index is 12.3. The van der Waals surface area contributed by atoms with Crippen molar-refractivity contribution in [2.45, 2.75) is 33.1 Å². The fourth-order valence-electron chi connectivity index (χ4n) is 1.57. The maximum absolute atomic E-state index is 12.3. The van der Waals surface area contributed by atoms with Crippen molar-refractivity contribution < 1.29 is 14.7 Å². The van der Waals surface area contributed by atoms with E-state index in [1.54, 1.807) is 14.0 Å². The second-order valence-electron chi connectivity index (χ2n) is 5.63. The van der Waals surface area contributed by atoms with Crippen LogP contribution in [0.15, 0.2) is 0 Å². The summed E-state index contributed by atoms with van der Waals surface area (Å²) in [4.78, 5) is 25.0. The molecular formula is C12H19N3O3S. The van der Waals surface area contributed by atoms with Crippen LogP contribution in [0.1, 0.15) is 43.1 Å². The van der Waals surface area contributed by atoms with E-state index in [-0.39, 0.29) is 17.9 Å². The number of hydrogen-bond acceptors (Lipinski definition) is 5. The zero-order valence-corrected chi connectivity index (χ0v) is 12.6. The Hall–Kier alpha value is -1.50. The second-order valence-corrected chi connectivity index (χ2v) is 6.38. The fraction of sp³-hybridized carbons (Fsp3) is 0.667. The van der Waals surface area contributed by atoms with Gasteiger partial charge in [-0.15, -0.1) is 5.10 Å². The number of nitrogens with zero attached hydrogens (tertiary/aromatic N) is 3. The summed E-state index contributed by atoms with van der Waals surface area (Å²) in [5.74, 6) is -1.75. The standard InChI is InChI=1S/C12H19N3O3S/c1-7(11(17)18)6-15(5)10(16)8-9(12(2,3)4)13-14-19-8/h7H,6H2,1-5H3,(H,17,18). The molecular weight excluding hydrogens is 266 g/mol. The third-order valence-corrected chi connectivity index (χ3v) is 3.42. The van der Waals surface area contributed by atoms with Crippen molar-refractivity contribution >= 4 is 23.4 Å². The predicted molar refractivity (Wildman–Crippen MR) is 72.4 cm³/mol. The smallest absolute Gasteiger partial charge is 0.308 e. The summed E-state index contributed by atoms with van der Waals surface area (Å²) in [6.07, 6.45) is 0. The van der Waals surface area contributed by atoms with Gasteiger partial charge in [0.1, 0.15) is 4.88 Å². The predicted octanol–water partition coefficient (Wildman–Crippen LogP) is 1.63. The van der Waals surface area contributed by atoms with Crippen LogP contribution in [0.25, 0.3) is 0 Å². The van der Waals surface area contributed by atoms with Crippen LogP contribution >= 0.6 is 11.5 Å². The van der Waals surface area contributed by atoms with Crippen molar-refractivity contribution in [1.82, 2.24) is 14.5 Å². The lowest BCUT2D eigenvalue weighted by Gasteiger charge is -2.21. The Morgan fingerprint density at radius 3 is 2.47 bits per heavy atom. The van der Waals surface area contributed by atoms with E-state index in [2.05, 4.69) is 9.59 Å². The number of rotatable bonds is 4. The van der Waals surface area contributed by atoms with Gasteiger partial charge in [-0.3, -0.25) is 9.59 Å². The first kappa shape index (κ1) is 15.6. The molecule has 1 amide bonds. The van der Waals surface area contributed by atoms with Gasteiger partial charge in [0.2, 0.25) is 0 Å². The highest BCUT2D eigenvalue weighted by Gasteiger charge is 2.28. The van der Waals surface area contributed by atoms with Gasteiger partial charge in [-0.1, -0.05) is 32.2 Å². The Labute approximate surface area is 116 Å². The van der Waals surface area contributed by atoms with Crippen LogP contribution in [0, 0.1) is 5.92 Å². The van der Waals surface area contributed by atoms with Crippen LogP contribution < -0.4 is 0 Å². The number of aliphatic carboxylic acids is 1. The third kappa shape index (κ3) is 3.73. The first-order valence-electron chi connectivity index (χ1n) is 5.95. The normalized spacial score (nSPS) is 13.1. The molecule has 0 saturated carbocycles. The Balaban J connectivity index is 2.90. The summed E-state index contributed by atoms with van der Waals surface area (Å²) in [6.45, 7) is 7.61. The summed E-state index contributed by atoms with van der Waals surface area (Å²) in [7, 11) is 1.59. The molecule has 106 valence electrons. The van der Waals surface area contributed by atoms with Gasteiger partial charge in [-0.25, -0.2) is 0 Å². The molecule has 1 rings (SSSR count). The number of carboxylic acids is 1. The van der Waals surface area contributed by atoms with Gasteiger partial charge in [0.15, 0.2) is 0 Å². The van der Waals surface area contributed by atoms with Gasteiger partial charge < -0.3 is 10.0 Å². The highest BCUT2D eigenvalue weighted by Crippen LogP contribution is 2.26. The molecule has 0 fully saturated rings. The Morgan fingerprint density at radius 2 is 2.00 bits per heavy atom. The molecule has 1 atom stereocenters. The minimum absolute atomic E-state index is 0.162. The molecule has 0 aliphatic heterocycles. The van der Waals surface area contributed by atoms with Crippen molar-refractivity contribution in [3.63, 3.8) is 0 Å². The van der Waals surface area contributed by atoms with Crippen LogP contribution in [-0.2, 0) is 10.2 Å². The van der Waals surface area contributed by atoms with Gasteiger partial charge >= 0.3 is 5.97 Å². The number of aromatic nitrogens is 2. The Morgan fingerprint density at radius 1 is 1.42 bits per heavy atom. The van der Waals surface area contributed by atoms with Gasteiger partial charge in [0.25, 0.3) is 5.91 Å². The molecule has 7 heteroatoms. The lowest BCUT2D eigenvalue weighted by Crippen LogP contribution is -2.34. The largest absolute Gasteiger partial charge is 0.481 e. The molecule has 0 bridgehead atoms. The van der Waals surface area contributed by atoms with Crippen molar-refractivity contribution in [3.05, 3.63) is 10.6 Å². The molecule has 0 aromatic carbocycles. The molecule has 0 spiro atoms. The molecule has 0 radical (unpaired) electrons. The molecule has 0 aliphatic rings. The van der Waals surface area contributed by atoms with E-state index in [0.717, 1.165) is 11.5 Å².